The van der Waals surface area contributed by atoms with E-state index in [1.807, 2.05) is 47.0 Å². The lowest BCUT2D eigenvalue weighted by atomic mass is 10.0. The van der Waals surface area contributed by atoms with Gasteiger partial charge in [0.1, 0.15) is 12.1 Å². The molecule has 0 saturated carbocycles. The fourth-order valence-electron chi connectivity index (χ4n) is 3.28. The average Bonchev–Trinajstić information content (AvgIpc) is 3.15. The minimum absolute atomic E-state index is 0.232. The minimum Gasteiger partial charge on any atom is -0.508 e. The number of nitrogens with zero attached hydrogens (tertiary/aromatic N) is 2. The molecule has 0 radical (unpaired) electrons. The van der Waals surface area contributed by atoms with Crippen molar-refractivity contribution in [2.45, 2.75) is 0 Å². The molecule has 3 aromatic carbocycles. The van der Waals surface area contributed by atoms with Gasteiger partial charge in [-0.1, -0.05) is 18.2 Å². The van der Waals surface area contributed by atoms with Crippen LogP contribution >= 0.6 is 0 Å². The van der Waals surface area contributed by atoms with Gasteiger partial charge in [-0.2, -0.15) is 0 Å². The smallest absolute Gasteiger partial charge is 0.203 e. The number of ether oxygens (including phenoxy) is 3. The second-order valence-electron chi connectivity index (χ2n) is 6.25. The Hall–Kier alpha value is -3.67. The Morgan fingerprint density at radius 1 is 0.821 bits per heavy atom. The number of hydrogen-bond donors (Lipinski definition) is 1. The third-order valence-electron chi connectivity index (χ3n) is 4.65. The van der Waals surface area contributed by atoms with Crippen molar-refractivity contribution in [1.29, 1.82) is 0 Å². The lowest BCUT2D eigenvalue weighted by Gasteiger charge is -2.15. The predicted octanol–water partition coefficient (Wildman–Crippen LogP) is 4.42. The van der Waals surface area contributed by atoms with Crippen molar-refractivity contribution in [1.82, 2.24) is 9.55 Å². The number of aromatic hydroxyl groups is 1. The van der Waals surface area contributed by atoms with Crippen molar-refractivity contribution >= 4 is 11.0 Å². The normalized spacial score (nSPS) is 10.8. The Labute approximate surface area is 162 Å². The molecule has 0 saturated heterocycles. The van der Waals surface area contributed by atoms with Gasteiger partial charge >= 0.3 is 0 Å². The Morgan fingerprint density at radius 3 is 2.18 bits per heavy atom. The summed E-state index contributed by atoms with van der Waals surface area (Å²) in [5.74, 6) is 1.92. The number of hydrogen-bond acceptors (Lipinski definition) is 5. The maximum absolute atomic E-state index is 9.79. The molecule has 1 aromatic heterocycles. The lowest BCUT2D eigenvalue weighted by molar-refractivity contribution is 0.324. The van der Waals surface area contributed by atoms with E-state index in [0.29, 0.717) is 17.2 Å². The number of phenolic OH excluding ortho intramolecular Hbond substituents is 1. The highest BCUT2D eigenvalue weighted by atomic mass is 16.5. The maximum atomic E-state index is 9.79. The Balaban J connectivity index is 1.89. The van der Waals surface area contributed by atoms with Crippen LogP contribution in [0.3, 0.4) is 0 Å². The summed E-state index contributed by atoms with van der Waals surface area (Å²) in [5.41, 5.74) is 4.54. The van der Waals surface area contributed by atoms with E-state index < -0.39 is 0 Å². The molecule has 0 aliphatic heterocycles. The SMILES string of the molecule is COc1cc(-n2cnc3ccc(-c4cccc(O)c4)cc32)cc(OC)c1OC. The molecular formula is C22H20N2O4. The van der Waals surface area contributed by atoms with Gasteiger partial charge in [0.15, 0.2) is 11.5 Å². The zero-order chi connectivity index (χ0) is 19.7. The first-order chi connectivity index (χ1) is 13.6. The van der Waals surface area contributed by atoms with Crippen molar-refractivity contribution in [2.24, 2.45) is 0 Å². The molecule has 142 valence electrons. The van der Waals surface area contributed by atoms with Gasteiger partial charge in [0.25, 0.3) is 0 Å². The number of rotatable bonds is 5. The second-order valence-corrected chi connectivity index (χ2v) is 6.25. The topological polar surface area (TPSA) is 65.7 Å². The predicted molar refractivity (Wildman–Crippen MR) is 108 cm³/mol. The molecule has 0 atom stereocenters. The number of fused-ring (bicyclic) bond motifs is 1. The molecule has 1 N–H and O–H groups in total. The molecule has 1 heterocycles. The van der Waals surface area contributed by atoms with Gasteiger partial charge in [0, 0.05) is 12.1 Å². The van der Waals surface area contributed by atoms with Crippen molar-refractivity contribution in [3.05, 3.63) is 60.9 Å². The maximum Gasteiger partial charge on any atom is 0.203 e. The average molecular weight is 376 g/mol. The lowest BCUT2D eigenvalue weighted by Crippen LogP contribution is -1.99. The summed E-state index contributed by atoms with van der Waals surface area (Å²) >= 11 is 0. The molecule has 6 heteroatoms. The Bertz CT molecular complexity index is 1130. The molecule has 0 aliphatic rings. The van der Waals surface area contributed by atoms with Gasteiger partial charge in [-0.3, -0.25) is 4.57 Å². The molecule has 4 rings (SSSR count). The molecule has 0 unspecified atom stereocenters. The molecule has 0 bridgehead atoms. The van der Waals surface area contributed by atoms with Gasteiger partial charge in [0.05, 0.1) is 38.1 Å². The van der Waals surface area contributed by atoms with Crippen LogP contribution in [-0.2, 0) is 0 Å². The van der Waals surface area contributed by atoms with E-state index in [0.717, 1.165) is 27.8 Å². The quantitative estimate of drug-likeness (QED) is 0.558. The fourth-order valence-corrected chi connectivity index (χ4v) is 3.28. The standard InChI is InChI=1S/C22H20N2O4/c1-26-20-11-16(12-21(27-2)22(20)28-3)24-13-23-18-8-7-15(10-19(18)24)14-5-4-6-17(25)9-14/h4-13,25H,1-3H3. The number of benzene rings is 3. The summed E-state index contributed by atoms with van der Waals surface area (Å²) in [7, 11) is 4.76. The highest BCUT2D eigenvalue weighted by Crippen LogP contribution is 2.40. The number of methoxy groups -OCH3 is 3. The van der Waals surface area contributed by atoms with Gasteiger partial charge in [0.2, 0.25) is 5.75 Å². The van der Waals surface area contributed by atoms with Crippen molar-refractivity contribution < 1.29 is 19.3 Å². The van der Waals surface area contributed by atoms with E-state index >= 15 is 0 Å². The first kappa shape index (κ1) is 17.7. The summed E-state index contributed by atoms with van der Waals surface area (Å²) in [6.07, 6.45) is 1.76. The largest absolute Gasteiger partial charge is 0.508 e. The number of aromatic nitrogens is 2. The van der Waals surface area contributed by atoms with E-state index in [1.165, 1.54) is 0 Å². The van der Waals surface area contributed by atoms with Crippen LogP contribution in [0.2, 0.25) is 0 Å². The van der Waals surface area contributed by atoms with Crippen molar-refractivity contribution in [2.75, 3.05) is 21.3 Å². The molecule has 28 heavy (non-hydrogen) atoms. The van der Waals surface area contributed by atoms with Gasteiger partial charge in [-0.05, 0) is 35.4 Å². The molecular weight excluding hydrogens is 356 g/mol. The van der Waals surface area contributed by atoms with E-state index in [4.69, 9.17) is 14.2 Å². The van der Waals surface area contributed by atoms with Crippen LogP contribution in [-0.4, -0.2) is 36.0 Å². The first-order valence-corrected chi connectivity index (χ1v) is 8.71. The van der Waals surface area contributed by atoms with Crippen LogP contribution in [0, 0.1) is 0 Å². The summed E-state index contributed by atoms with van der Waals surface area (Å²) < 4.78 is 18.3. The summed E-state index contributed by atoms with van der Waals surface area (Å²) in [5, 5.41) is 9.79. The Morgan fingerprint density at radius 2 is 1.54 bits per heavy atom. The van der Waals surface area contributed by atoms with Crippen molar-refractivity contribution in [3.8, 4) is 39.8 Å². The molecule has 6 nitrogen and oxygen atoms in total. The third-order valence-corrected chi connectivity index (χ3v) is 4.65. The molecule has 0 fully saturated rings. The van der Waals surface area contributed by atoms with Crippen LogP contribution < -0.4 is 14.2 Å². The van der Waals surface area contributed by atoms with Crippen LogP contribution in [0.1, 0.15) is 0 Å². The van der Waals surface area contributed by atoms with Crippen LogP contribution in [0.15, 0.2) is 60.9 Å². The second kappa shape index (κ2) is 7.15. The molecule has 0 spiro atoms. The fraction of sp³-hybridized carbons (Fsp3) is 0.136. The van der Waals surface area contributed by atoms with Gasteiger partial charge in [-0.25, -0.2) is 4.98 Å². The number of imidazole rings is 1. The number of phenols is 1. The van der Waals surface area contributed by atoms with Crippen LogP contribution in [0.5, 0.6) is 23.0 Å². The monoisotopic (exact) mass is 376 g/mol. The van der Waals surface area contributed by atoms with Crippen molar-refractivity contribution in [3.63, 3.8) is 0 Å². The molecule has 0 aliphatic carbocycles. The van der Waals surface area contributed by atoms with E-state index in [9.17, 15) is 5.11 Å². The van der Waals surface area contributed by atoms with Crippen LogP contribution in [0.4, 0.5) is 0 Å². The van der Waals surface area contributed by atoms with Gasteiger partial charge < -0.3 is 19.3 Å². The van der Waals surface area contributed by atoms with E-state index in [1.54, 1.807) is 39.8 Å². The van der Waals surface area contributed by atoms with E-state index in [-0.39, 0.29) is 5.75 Å². The first-order valence-electron chi connectivity index (χ1n) is 8.71. The zero-order valence-corrected chi connectivity index (χ0v) is 15.8. The summed E-state index contributed by atoms with van der Waals surface area (Å²) in [6.45, 7) is 0. The third kappa shape index (κ3) is 2.99. The summed E-state index contributed by atoms with van der Waals surface area (Å²) in [6, 6.07) is 16.9. The van der Waals surface area contributed by atoms with Crippen LogP contribution in [0.25, 0.3) is 27.8 Å². The molecule has 0 amide bonds. The highest BCUT2D eigenvalue weighted by Gasteiger charge is 2.16. The molecule has 4 aromatic rings. The van der Waals surface area contributed by atoms with E-state index in [2.05, 4.69) is 4.98 Å². The summed E-state index contributed by atoms with van der Waals surface area (Å²) in [4.78, 5) is 4.50. The Kier molecular flexibility index (Phi) is 4.53. The minimum atomic E-state index is 0.232. The highest BCUT2D eigenvalue weighted by molar-refractivity contribution is 5.84. The van der Waals surface area contributed by atoms with Gasteiger partial charge in [-0.15, -0.1) is 0 Å². The zero-order valence-electron chi connectivity index (χ0n) is 15.8.